The Morgan fingerprint density at radius 3 is 1.55 bits per heavy atom. The lowest BCUT2D eigenvalue weighted by Gasteiger charge is -2.34. The Balaban J connectivity index is 2.23. The molecule has 9 N–H and O–H groups in total. The Bertz CT molecular complexity index is 2070. The summed E-state index contributed by atoms with van der Waals surface area (Å²) >= 11 is 0. The molecule has 0 unspecified atom stereocenters. The molecule has 1 saturated carbocycles. The molecule has 0 aromatic rings. The number of hydrogen-bond donors (Lipinski definition) is 9. The topological polar surface area (TPSA) is 285 Å². The molecule has 1 aliphatic heterocycles. The highest BCUT2D eigenvalue weighted by atomic mass is 16.2. The van der Waals surface area contributed by atoms with Crippen molar-refractivity contribution >= 4 is 59.1 Å². The van der Waals surface area contributed by atoms with Gasteiger partial charge in [-0.05, 0) is 138 Å². The lowest BCUT2D eigenvalue weighted by molar-refractivity contribution is -0.140. The van der Waals surface area contributed by atoms with Crippen LogP contribution < -0.4 is 47.9 Å². The van der Waals surface area contributed by atoms with E-state index in [1.165, 1.54) is 48.0 Å². The Morgan fingerprint density at radius 2 is 1.04 bits per heavy atom. The van der Waals surface area contributed by atoms with Gasteiger partial charge >= 0.3 is 0 Å². The molecule has 6 atom stereocenters. The summed E-state index contributed by atoms with van der Waals surface area (Å²) in [6.07, 6.45) is 11.3. The molecule has 0 bridgehead atoms. The highest BCUT2D eigenvalue weighted by molar-refractivity contribution is 6.00. The molecule has 1 aliphatic carbocycles. The minimum Gasteiger partial charge on any atom is -0.354 e. The molecule has 458 valence electrons. The molecule has 1 saturated heterocycles. The van der Waals surface area contributed by atoms with Crippen molar-refractivity contribution in [1.29, 1.82) is 0 Å². The maximum atomic E-state index is 14.4. The molecule has 21 nitrogen and oxygen atoms in total. The summed E-state index contributed by atoms with van der Waals surface area (Å²) in [6.45, 7) is 25.3. The third kappa shape index (κ3) is 25.2. The third-order valence-electron chi connectivity index (χ3n) is 14.8. The fraction of sp³-hybridized carbons (Fsp3) is 0.831. The van der Waals surface area contributed by atoms with E-state index in [4.69, 9.17) is 0 Å². The van der Waals surface area contributed by atoms with Crippen LogP contribution in [0.4, 0.5) is 0 Å². The molecule has 2 aliphatic rings. The molecule has 10 amide bonds. The van der Waals surface area contributed by atoms with Gasteiger partial charge in [-0.15, -0.1) is 0 Å². The van der Waals surface area contributed by atoms with E-state index < -0.39 is 88.2 Å². The maximum absolute atomic E-state index is 14.4. The second-order valence-electron chi connectivity index (χ2n) is 25.9. The predicted octanol–water partition coefficient (Wildman–Crippen LogP) is 4.25. The van der Waals surface area contributed by atoms with Gasteiger partial charge in [0.15, 0.2) is 0 Å². The predicted molar refractivity (Wildman–Crippen MR) is 311 cm³/mol. The van der Waals surface area contributed by atoms with E-state index in [0.717, 1.165) is 44.9 Å². The summed E-state index contributed by atoms with van der Waals surface area (Å²) < 4.78 is 0. The molecule has 0 aromatic carbocycles. The van der Waals surface area contributed by atoms with Gasteiger partial charge in [0.1, 0.15) is 46.8 Å². The fourth-order valence-corrected chi connectivity index (χ4v) is 10.3. The quantitative estimate of drug-likeness (QED) is 0.0411. The first-order valence-corrected chi connectivity index (χ1v) is 29.9. The number of amides is 10. The number of likely N-dealkylation sites (N-methyl/N-ethyl adjacent to an activating group) is 1. The Kier molecular flexibility index (Phi) is 29.7. The van der Waals surface area contributed by atoms with Crippen LogP contribution in [0.1, 0.15) is 206 Å². The van der Waals surface area contributed by atoms with Crippen LogP contribution in [-0.4, -0.2) is 155 Å². The van der Waals surface area contributed by atoms with Crippen molar-refractivity contribution in [3.05, 3.63) is 0 Å². The summed E-state index contributed by atoms with van der Waals surface area (Å²) in [5.74, 6) is -4.99. The SMILES string of the molecule is CCCCCC(=O)N1CCC[C@H]1C(=O)N[C@@H](CCC1CCCCC1)C(=O)N[C@@H](CC(C)C)C(=O)NC(C)(C)C(=O)N[C@@H](CC(C)C)C(=O)N[C@@H](CC(C)C)C(=O)NC(C)(C)C(=O)NC(C)(C)C(=O)NCCC(=O)N[C@@H](C)CN(C)C. The smallest absolute Gasteiger partial charge is 0.246 e. The van der Waals surface area contributed by atoms with Crippen molar-refractivity contribution in [2.75, 3.05) is 33.7 Å². The zero-order valence-corrected chi connectivity index (χ0v) is 51.9. The summed E-state index contributed by atoms with van der Waals surface area (Å²) in [5, 5.41) is 25.3. The van der Waals surface area contributed by atoms with E-state index in [0.29, 0.717) is 51.1 Å². The average molecular weight is 1130 g/mol. The van der Waals surface area contributed by atoms with E-state index in [-0.39, 0.29) is 73.7 Å². The molecular weight excluding hydrogens is 1020 g/mol. The lowest BCUT2D eigenvalue weighted by Crippen LogP contribution is -2.65. The van der Waals surface area contributed by atoms with E-state index in [1.807, 2.05) is 67.5 Å². The van der Waals surface area contributed by atoms with Crippen molar-refractivity contribution in [2.24, 2.45) is 23.7 Å². The number of rotatable bonds is 34. The van der Waals surface area contributed by atoms with Gasteiger partial charge in [-0.1, -0.05) is 93.4 Å². The minimum absolute atomic E-state index is 0.0322. The molecule has 80 heavy (non-hydrogen) atoms. The van der Waals surface area contributed by atoms with E-state index in [2.05, 4.69) is 54.8 Å². The summed E-state index contributed by atoms with van der Waals surface area (Å²) in [7, 11) is 3.80. The average Bonchev–Trinajstić information content (AvgIpc) is 3.84. The van der Waals surface area contributed by atoms with Crippen LogP contribution in [0.3, 0.4) is 0 Å². The molecule has 0 radical (unpaired) electrons. The molecule has 21 heteroatoms. The van der Waals surface area contributed by atoms with Crippen molar-refractivity contribution in [3.63, 3.8) is 0 Å². The number of carbonyl (C=O) groups excluding carboxylic acids is 10. The Hall–Kier alpha value is -5.34. The van der Waals surface area contributed by atoms with Gasteiger partial charge in [0.2, 0.25) is 59.1 Å². The number of nitrogens with one attached hydrogen (secondary N) is 9. The molecular formula is C59H107N11O10. The lowest BCUT2D eigenvalue weighted by atomic mass is 9.85. The third-order valence-corrected chi connectivity index (χ3v) is 14.8. The monoisotopic (exact) mass is 1130 g/mol. The van der Waals surface area contributed by atoms with Crippen molar-refractivity contribution in [3.8, 4) is 0 Å². The fourth-order valence-electron chi connectivity index (χ4n) is 10.3. The first-order chi connectivity index (χ1) is 37.2. The van der Waals surface area contributed by atoms with E-state index in [1.54, 1.807) is 4.90 Å². The second-order valence-corrected chi connectivity index (χ2v) is 25.9. The van der Waals surface area contributed by atoms with Gasteiger partial charge in [0, 0.05) is 38.5 Å². The minimum atomic E-state index is -1.62. The first-order valence-electron chi connectivity index (χ1n) is 29.9. The number of likely N-dealkylation sites (tertiary alicyclic amines) is 1. The molecule has 2 fully saturated rings. The van der Waals surface area contributed by atoms with E-state index >= 15 is 0 Å². The molecule has 1 heterocycles. The highest BCUT2D eigenvalue weighted by Crippen LogP contribution is 2.28. The standard InChI is InChI=1S/C59H107N11O10/c1-17-18-20-27-48(72)70-32-23-26-46(70)53(77)62-42(29-28-41-24-21-19-22-25-41)49(73)63-44(34-38(4)5)51(75)66-58(11,12)55(79)65-43(33-37(2)3)50(74)64-45(35-39(6)7)52(76)67-59(13,14)56(80)68-57(9,10)54(78)60-31-30-47(71)61-40(8)36-69(15)16/h37-46H,17-36H2,1-16H3,(H,60,78)(H,61,71)(H,62,77)(H,63,73)(H,64,74)(H,65,79)(H,66,75)(H,67,76)(H,68,80)/t40-,42-,43-,44-,45-,46-/m0/s1. The number of nitrogens with zero attached hydrogens (tertiary/aromatic N) is 2. The first kappa shape index (κ1) is 70.8. The van der Waals surface area contributed by atoms with Crippen molar-refractivity contribution in [1.82, 2.24) is 57.7 Å². The van der Waals surface area contributed by atoms with Crippen LogP contribution in [0.2, 0.25) is 0 Å². The van der Waals surface area contributed by atoms with Crippen LogP contribution in [0.15, 0.2) is 0 Å². The maximum Gasteiger partial charge on any atom is 0.246 e. The molecule has 2 rings (SSSR count). The van der Waals surface area contributed by atoms with Crippen LogP contribution in [-0.2, 0) is 47.9 Å². The van der Waals surface area contributed by atoms with Gasteiger partial charge in [-0.3, -0.25) is 47.9 Å². The number of hydrogen-bond acceptors (Lipinski definition) is 11. The zero-order chi connectivity index (χ0) is 60.7. The van der Waals surface area contributed by atoms with Gasteiger partial charge < -0.3 is 57.7 Å². The Morgan fingerprint density at radius 1 is 0.537 bits per heavy atom. The van der Waals surface area contributed by atoms with Gasteiger partial charge in [0.25, 0.3) is 0 Å². The van der Waals surface area contributed by atoms with Crippen LogP contribution in [0.5, 0.6) is 0 Å². The normalized spacial score (nSPS) is 17.2. The van der Waals surface area contributed by atoms with Crippen molar-refractivity contribution in [2.45, 2.75) is 259 Å². The number of unbranched alkanes of at least 4 members (excludes halogenated alkanes) is 2. The van der Waals surface area contributed by atoms with Gasteiger partial charge in [-0.25, -0.2) is 0 Å². The number of carbonyl (C=O) groups is 10. The largest absolute Gasteiger partial charge is 0.354 e. The zero-order valence-electron chi connectivity index (χ0n) is 51.9. The van der Waals surface area contributed by atoms with Gasteiger partial charge in [-0.2, -0.15) is 0 Å². The van der Waals surface area contributed by atoms with Crippen LogP contribution in [0, 0.1) is 23.7 Å². The van der Waals surface area contributed by atoms with E-state index in [9.17, 15) is 47.9 Å². The van der Waals surface area contributed by atoms with Crippen LogP contribution >= 0.6 is 0 Å². The summed E-state index contributed by atoms with van der Waals surface area (Å²) in [5.41, 5.74) is -4.64. The Labute approximate surface area is 479 Å². The highest BCUT2D eigenvalue weighted by Gasteiger charge is 2.41. The van der Waals surface area contributed by atoms with Crippen LogP contribution in [0.25, 0.3) is 0 Å². The molecule has 0 spiro atoms. The molecule has 0 aromatic heterocycles. The summed E-state index contributed by atoms with van der Waals surface area (Å²) in [6, 6.07) is -5.15. The second kappa shape index (κ2) is 33.6. The van der Waals surface area contributed by atoms with Gasteiger partial charge in [0.05, 0.1) is 0 Å². The van der Waals surface area contributed by atoms with Crippen molar-refractivity contribution < 1.29 is 47.9 Å². The summed E-state index contributed by atoms with van der Waals surface area (Å²) in [4.78, 5) is 141.